The number of nitrogens with one attached hydrogen (secondary N) is 3. The molecule has 4 rings (SSSR count). The highest BCUT2D eigenvalue weighted by atomic mass is 19.4. The third kappa shape index (κ3) is 6.72. The molecule has 0 unspecified atom stereocenters. The maximum absolute atomic E-state index is 14.7. The van der Waals surface area contributed by atoms with Crippen molar-refractivity contribution in [3.63, 3.8) is 0 Å². The van der Waals surface area contributed by atoms with Gasteiger partial charge in [-0.15, -0.1) is 0 Å². The van der Waals surface area contributed by atoms with Gasteiger partial charge in [-0.3, -0.25) is 4.79 Å². The molecule has 0 saturated carbocycles. The van der Waals surface area contributed by atoms with E-state index in [1.807, 2.05) is 11.9 Å². The van der Waals surface area contributed by atoms with Gasteiger partial charge in [0.05, 0.1) is 34.9 Å². The molecule has 1 aliphatic rings. The molecule has 39 heavy (non-hydrogen) atoms. The molecule has 1 fully saturated rings. The molecule has 2 atom stereocenters. The van der Waals surface area contributed by atoms with Gasteiger partial charge in [-0.1, -0.05) is 24.8 Å². The Labute approximate surface area is 224 Å². The molecule has 7 nitrogen and oxygen atoms in total. The van der Waals surface area contributed by atoms with Crippen molar-refractivity contribution in [1.82, 2.24) is 20.2 Å². The van der Waals surface area contributed by atoms with Gasteiger partial charge in [0.2, 0.25) is 0 Å². The zero-order valence-electron chi connectivity index (χ0n) is 21.6. The number of hydrogen-bond donors (Lipinski definition) is 3. The molecule has 3 aromatic rings. The van der Waals surface area contributed by atoms with Crippen LogP contribution < -0.4 is 16.0 Å². The SMILES string of the molecule is C=C(c1nc(/C=C/CNc2ccc(C(=O)NC)nc2)cc2c(N[C@@H]3CCN(C)C[C@@H]3F)cccc12)C(F)(F)F. The van der Waals surface area contributed by atoms with Gasteiger partial charge in [-0.25, -0.2) is 14.4 Å². The predicted molar refractivity (Wildman–Crippen MR) is 146 cm³/mol. The van der Waals surface area contributed by atoms with E-state index in [0.717, 1.165) is 0 Å². The molecule has 1 saturated heterocycles. The highest BCUT2D eigenvalue weighted by Gasteiger charge is 2.35. The number of benzene rings is 1. The van der Waals surface area contributed by atoms with Crippen LogP contribution in [0.2, 0.25) is 0 Å². The first-order valence-corrected chi connectivity index (χ1v) is 12.4. The summed E-state index contributed by atoms with van der Waals surface area (Å²) in [5.74, 6) is -0.299. The quantitative estimate of drug-likeness (QED) is 0.342. The largest absolute Gasteiger partial charge is 0.417 e. The first-order chi connectivity index (χ1) is 18.6. The second-order valence-electron chi connectivity index (χ2n) is 9.38. The smallest absolute Gasteiger partial charge is 0.380 e. The molecule has 3 heterocycles. The Balaban J connectivity index is 1.61. The zero-order chi connectivity index (χ0) is 28.2. The minimum Gasteiger partial charge on any atom is -0.380 e. The fraction of sp³-hybridized carbons (Fsp3) is 0.321. The van der Waals surface area contributed by atoms with Gasteiger partial charge in [-0.05, 0) is 43.8 Å². The fourth-order valence-electron chi connectivity index (χ4n) is 4.41. The summed E-state index contributed by atoms with van der Waals surface area (Å²) in [4.78, 5) is 21.9. The normalized spacial score (nSPS) is 18.3. The first-order valence-electron chi connectivity index (χ1n) is 12.4. The number of amides is 1. The van der Waals surface area contributed by atoms with Crippen LogP contribution in [0.3, 0.4) is 0 Å². The van der Waals surface area contributed by atoms with Crippen LogP contribution in [0.1, 0.15) is 28.3 Å². The summed E-state index contributed by atoms with van der Waals surface area (Å²) in [5.41, 5.74) is 0.453. The first kappa shape index (κ1) is 28.0. The highest BCUT2D eigenvalue weighted by molar-refractivity contribution is 6.01. The van der Waals surface area contributed by atoms with Gasteiger partial charge < -0.3 is 20.9 Å². The number of aromatic nitrogens is 2. The Morgan fingerprint density at radius 3 is 2.69 bits per heavy atom. The van der Waals surface area contributed by atoms with E-state index in [4.69, 9.17) is 0 Å². The lowest BCUT2D eigenvalue weighted by molar-refractivity contribution is -0.0688. The number of carbonyl (C=O) groups excluding carboxylic acids is 1. The standard InChI is InChI=1S/C28H30F4N6O/c1-17(28(30,31)32)26-20-7-4-8-23(37-24-11-13-38(3)16-22(24)29)21(20)14-18(36-26)6-5-12-34-19-9-10-25(35-15-19)27(39)33-2/h4-10,14-15,22,24,34,37H,1,11-13,16H2,2-3H3,(H,33,39)/b6-5+/t22-,24+/m0/s1. The van der Waals surface area contributed by atoms with E-state index in [9.17, 15) is 22.4 Å². The van der Waals surface area contributed by atoms with E-state index in [1.54, 1.807) is 48.6 Å². The Morgan fingerprint density at radius 2 is 2.03 bits per heavy atom. The van der Waals surface area contributed by atoms with Gasteiger partial charge in [-0.2, -0.15) is 13.2 Å². The average Bonchev–Trinajstić information content (AvgIpc) is 2.91. The molecule has 3 N–H and O–H groups in total. The second-order valence-corrected chi connectivity index (χ2v) is 9.38. The molecule has 1 aromatic carbocycles. The maximum Gasteiger partial charge on any atom is 0.417 e. The summed E-state index contributed by atoms with van der Waals surface area (Å²) in [6.45, 7) is 4.60. The molecule has 0 aliphatic carbocycles. The summed E-state index contributed by atoms with van der Waals surface area (Å²) >= 11 is 0. The topological polar surface area (TPSA) is 82.2 Å². The van der Waals surface area contributed by atoms with Gasteiger partial charge in [0, 0.05) is 43.1 Å². The Bertz CT molecular complexity index is 1370. The van der Waals surface area contributed by atoms with Crippen molar-refractivity contribution in [3.8, 4) is 0 Å². The number of anilines is 2. The molecule has 0 bridgehead atoms. The van der Waals surface area contributed by atoms with Crippen molar-refractivity contribution in [3.05, 3.63) is 72.3 Å². The Morgan fingerprint density at radius 1 is 1.23 bits per heavy atom. The van der Waals surface area contributed by atoms with Crippen LogP contribution in [0.4, 0.5) is 28.9 Å². The van der Waals surface area contributed by atoms with Crippen LogP contribution in [0.25, 0.3) is 22.4 Å². The van der Waals surface area contributed by atoms with Crippen molar-refractivity contribution >= 4 is 39.7 Å². The number of halogens is 4. The lowest BCUT2D eigenvalue weighted by Gasteiger charge is -2.33. The lowest BCUT2D eigenvalue weighted by atomic mass is 9.99. The number of pyridine rings is 2. The van der Waals surface area contributed by atoms with Crippen molar-refractivity contribution in [2.75, 3.05) is 44.4 Å². The van der Waals surface area contributed by atoms with E-state index in [0.29, 0.717) is 42.0 Å². The number of piperidine rings is 1. The number of carbonyl (C=O) groups is 1. The summed E-state index contributed by atoms with van der Waals surface area (Å²) in [6, 6.07) is 9.42. The van der Waals surface area contributed by atoms with E-state index in [-0.39, 0.29) is 29.2 Å². The van der Waals surface area contributed by atoms with Crippen molar-refractivity contribution in [1.29, 1.82) is 0 Å². The minimum absolute atomic E-state index is 0.273. The molecular weight excluding hydrogens is 512 g/mol. The Hall–Kier alpha value is -3.99. The number of hydrogen-bond acceptors (Lipinski definition) is 6. The Kier molecular flexibility index (Phi) is 8.49. The third-order valence-corrected chi connectivity index (χ3v) is 6.54. The van der Waals surface area contributed by atoms with Crippen molar-refractivity contribution in [2.45, 2.75) is 24.8 Å². The molecule has 0 radical (unpaired) electrons. The van der Waals surface area contributed by atoms with Gasteiger partial charge >= 0.3 is 6.18 Å². The monoisotopic (exact) mass is 542 g/mol. The predicted octanol–water partition coefficient (Wildman–Crippen LogP) is 5.14. The number of likely N-dealkylation sites (tertiary alicyclic amines) is 1. The highest BCUT2D eigenvalue weighted by Crippen LogP contribution is 2.37. The minimum atomic E-state index is -4.67. The number of fused-ring (bicyclic) bond motifs is 1. The molecule has 1 aliphatic heterocycles. The van der Waals surface area contributed by atoms with E-state index >= 15 is 0 Å². The molecule has 11 heteroatoms. The van der Waals surface area contributed by atoms with Crippen LogP contribution in [-0.2, 0) is 0 Å². The number of allylic oxidation sites excluding steroid dienone is 1. The van der Waals surface area contributed by atoms with Gasteiger partial charge in [0.15, 0.2) is 0 Å². The summed E-state index contributed by atoms with van der Waals surface area (Å²) in [6.07, 6.45) is -0.382. The average molecular weight is 543 g/mol. The van der Waals surface area contributed by atoms with Gasteiger partial charge in [0.1, 0.15) is 11.9 Å². The van der Waals surface area contributed by atoms with Gasteiger partial charge in [0.25, 0.3) is 5.91 Å². The van der Waals surface area contributed by atoms with Crippen molar-refractivity contribution < 1.29 is 22.4 Å². The van der Waals surface area contributed by atoms with Crippen molar-refractivity contribution in [2.24, 2.45) is 0 Å². The van der Waals surface area contributed by atoms with Crippen LogP contribution in [0.15, 0.2) is 55.3 Å². The maximum atomic E-state index is 14.7. The summed E-state index contributed by atoms with van der Waals surface area (Å²) in [7, 11) is 3.37. The third-order valence-electron chi connectivity index (χ3n) is 6.54. The zero-order valence-corrected chi connectivity index (χ0v) is 21.6. The second kappa shape index (κ2) is 11.8. The van der Waals surface area contributed by atoms with E-state index in [2.05, 4.69) is 32.5 Å². The van der Waals surface area contributed by atoms with Crippen LogP contribution in [0, 0.1) is 0 Å². The molecular formula is C28H30F4N6O. The van der Waals surface area contributed by atoms with Crippen LogP contribution >= 0.6 is 0 Å². The molecule has 2 aromatic heterocycles. The summed E-state index contributed by atoms with van der Waals surface area (Å²) in [5, 5.41) is 9.60. The number of rotatable bonds is 8. The molecule has 1 amide bonds. The molecule has 0 spiro atoms. The summed E-state index contributed by atoms with van der Waals surface area (Å²) < 4.78 is 55.8. The van der Waals surface area contributed by atoms with Crippen LogP contribution in [-0.4, -0.2) is 72.9 Å². The van der Waals surface area contributed by atoms with Crippen LogP contribution in [0.5, 0.6) is 0 Å². The fourth-order valence-corrected chi connectivity index (χ4v) is 4.41. The lowest BCUT2D eigenvalue weighted by Crippen LogP contribution is -2.46. The molecule has 206 valence electrons. The number of alkyl halides is 4. The van der Waals surface area contributed by atoms with E-state index < -0.39 is 24.0 Å². The van der Waals surface area contributed by atoms with E-state index in [1.165, 1.54) is 13.2 Å². The number of nitrogens with zero attached hydrogens (tertiary/aromatic N) is 3.